The molecule has 3 amide bonds. The highest BCUT2D eigenvalue weighted by Gasteiger charge is 2.30. The monoisotopic (exact) mass is 570 g/mol. The van der Waals surface area contributed by atoms with Crippen LogP contribution in [0.3, 0.4) is 0 Å². The molecule has 226 valence electrons. The van der Waals surface area contributed by atoms with Crippen molar-refractivity contribution in [2.24, 2.45) is 5.92 Å². The Morgan fingerprint density at radius 3 is 2.46 bits per heavy atom. The number of aliphatic hydroxyl groups excluding tert-OH is 1. The van der Waals surface area contributed by atoms with Gasteiger partial charge in [0.1, 0.15) is 11.5 Å². The van der Waals surface area contributed by atoms with Crippen molar-refractivity contribution in [2.75, 3.05) is 58.1 Å². The number of ether oxygens (including phenoxy) is 3. The minimum atomic E-state index is -0.448. The number of fused-ring (bicyclic) bond motifs is 1. The highest BCUT2D eigenvalue weighted by molar-refractivity contribution is 6.02. The van der Waals surface area contributed by atoms with E-state index in [2.05, 4.69) is 22.5 Å². The number of rotatable bonds is 7. The van der Waals surface area contributed by atoms with Gasteiger partial charge in [0.25, 0.3) is 5.91 Å². The third-order valence-corrected chi connectivity index (χ3v) is 7.20. The number of amides is 3. The lowest BCUT2D eigenvalue weighted by Gasteiger charge is -2.35. The van der Waals surface area contributed by atoms with E-state index in [-0.39, 0.29) is 30.6 Å². The number of carbonyl (C=O) groups is 2. The van der Waals surface area contributed by atoms with Crippen molar-refractivity contribution < 1.29 is 28.9 Å². The first kappa shape index (κ1) is 32.2. The smallest absolute Gasteiger partial charge is 0.323 e. The minimum Gasteiger partial charge on any atom is -0.497 e. The molecule has 0 saturated heterocycles. The molecule has 3 N–H and O–H groups in total. The van der Waals surface area contributed by atoms with Gasteiger partial charge in [-0.2, -0.15) is 0 Å². The lowest BCUT2D eigenvalue weighted by Crippen LogP contribution is -2.47. The first-order valence-electron chi connectivity index (χ1n) is 14.3. The summed E-state index contributed by atoms with van der Waals surface area (Å²) in [6, 6.07) is 11.2. The fourth-order valence-corrected chi connectivity index (χ4v) is 4.79. The minimum absolute atomic E-state index is 0.0122. The molecule has 1 heterocycles. The summed E-state index contributed by atoms with van der Waals surface area (Å²) in [6.07, 6.45) is 2.47. The molecule has 0 fully saturated rings. The predicted octanol–water partition coefficient (Wildman–Crippen LogP) is 4.70. The predicted molar refractivity (Wildman–Crippen MR) is 161 cm³/mol. The van der Waals surface area contributed by atoms with Gasteiger partial charge in [0, 0.05) is 37.0 Å². The third kappa shape index (κ3) is 9.62. The van der Waals surface area contributed by atoms with E-state index in [1.54, 1.807) is 54.5 Å². The Labute approximate surface area is 243 Å². The molecule has 1 aliphatic rings. The highest BCUT2D eigenvalue weighted by Crippen LogP contribution is 2.28. The van der Waals surface area contributed by atoms with Crippen molar-refractivity contribution >= 4 is 23.3 Å². The largest absolute Gasteiger partial charge is 0.497 e. The van der Waals surface area contributed by atoms with E-state index in [0.29, 0.717) is 41.6 Å². The van der Waals surface area contributed by atoms with Crippen molar-refractivity contribution in [2.45, 2.75) is 58.3 Å². The van der Waals surface area contributed by atoms with E-state index in [4.69, 9.17) is 14.2 Å². The zero-order valence-corrected chi connectivity index (χ0v) is 25.2. The molecule has 1 aliphatic heterocycles. The molecule has 0 bridgehead atoms. The highest BCUT2D eigenvalue weighted by atomic mass is 16.5. The molecule has 0 spiro atoms. The van der Waals surface area contributed by atoms with Gasteiger partial charge in [0.15, 0.2) is 0 Å². The fourth-order valence-electron chi connectivity index (χ4n) is 4.79. The van der Waals surface area contributed by atoms with Crippen LogP contribution in [0, 0.1) is 5.92 Å². The molecule has 10 heteroatoms. The zero-order chi connectivity index (χ0) is 29.9. The van der Waals surface area contributed by atoms with E-state index in [0.717, 1.165) is 25.8 Å². The van der Waals surface area contributed by atoms with Gasteiger partial charge < -0.3 is 39.8 Å². The normalized spacial score (nSPS) is 21.3. The van der Waals surface area contributed by atoms with Crippen molar-refractivity contribution in [1.29, 1.82) is 0 Å². The average Bonchev–Trinajstić information content (AvgIpc) is 2.94. The van der Waals surface area contributed by atoms with Crippen LogP contribution in [0.4, 0.5) is 16.2 Å². The summed E-state index contributed by atoms with van der Waals surface area (Å²) in [6.45, 7) is 7.46. The van der Waals surface area contributed by atoms with Gasteiger partial charge in [-0.15, -0.1) is 0 Å². The number of nitrogens with zero attached hydrogens (tertiary/aromatic N) is 2. The lowest BCUT2D eigenvalue weighted by atomic mass is 10.0. The molecule has 3 rings (SSSR count). The van der Waals surface area contributed by atoms with E-state index in [9.17, 15) is 14.7 Å². The van der Waals surface area contributed by atoms with E-state index < -0.39 is 12.1 Å². The second-order valence-corrected chi connectivity index (χ2v) is 11.1. The maximum absolute atomic E-state index is 14.1. The second-order valence-electron chi connectivity index (χ2n) is 11.1. The number of hydrogen-bond donors (Lipinski definition) is 3. The van der Waals surface area contributed by atoms with Crippen LogP contribution < -0.4 is 20.1 Å². The van der Waals surface area contributed by atoms with Crippen LogP contribution in [0.1, 0.15) is 50.4 Å². The first-order valence-corrected chi connectivity index (χ1v) is 14.3. The summed E-state index contributed by atoms with van der Waals surface area (Å²) < 4.78 is 17.7. The van der Waals surface area contributed by atoms with Crippen LogP contribution in [0.15, 0.2) is 42.5 Å². The summed E-state index contributed by atoms with van der Waals surface area (Å²) >= 11 is 0. The third-order valence-electron chi connectivity index (χ3n) is 7.20. The Kier molecular flexibility index (Phi) is 12.2. The summed E-state index contributed by atoms with van der Waals surface area (Å²) in [5.74, 6) is 0.869. The summed E-state index contributed by atoms with van der Waals surface area (Å²) in [7, 11) is 5.60. The number of anilines is 2. The lowest BCUT2D eigenvalue weighted by molar-refractivity contribution is -0.0137. The Bertz CT molecular complexity index is 1130. The number of urea groups is 1. The zero-order valence-electron chi connectivity index (χ0n) is 25.2. The number of aliphatic hydroxyl groups is 1. The van der Waals surface area contributed by atoms with Gasteiger partial charge in [-0.3, -0.25) is 4.79 Å². The molecule has 2 aromatic rings. The van der Waals surface area contributed by atoms with Crippen LogP contribution in [0.2, 0.25) is 0 Å². The molecule has 0 aliphatic carbocycles. The van der Waals surface area contributed by atoms with Gasteiger partial charge in [-0.05, 0) is 89.7 Å². The van der Waals surface area contributed by atoms with Crippen LogP contribution in [0.5, 0.6) is 11.5 Å². The number of hydrogen-bond acceptors (Lipinski definition) is 7. The van der Waals surface area contributed by atoms with Crippen LogP contribution in [-0.2, 0) is 4.74 Å². The van der Waals surface area contributed by atoms with Crippen LogP contribution >= 0.6 is 0 Å². The topological polar surface area (TPSA) is 113 Å². The van der Waals surface area contributed by atoms with Gasteiger partial charge in [-0.1, -0.05) is 6.92 Å². The number of carbonyl (C=O) groups excluding carboxylic acids is 2. The van der Waals surface area contributed by atoms with Crippen molar-refractivity contribution in [3.63, 3.8) is 0 Å². The number of likely N-dealkylation sites (N-methyl/N-ethyl adjacent to an activating group) is 1. The molecule has 0 saturated carbocycles. The van der Waals surface area contributed by atoms with Gasteiger partial charge in [0.2, 0.25) is 0 Å². The first-order chi connectivity index (χ1) is 19.6. The van der Waals surface area contributed by atoms with Gasteiger partial charge >= 0.3 is 6.03 Å². The van der Waals surface area contributed by atoms with Crippen molar-refractivity contribution in [3.8, 4) is 11.5 Å². The molecule has 0 radical (unpaired) electrons. The molecule has 0 unspecified atom stereocenters. The maximum Gasteiger partial charge on any atom is 0.323 e. The Morgan fingerprint density at radius 2 is 1.80 bits per heavy atom. The van der Waals surface area contributed by atoms with Gasteiger partial charge in [-0.25, -0.2) is 4.79 Å². The quantitative estimate of drug-likeness (QED) is 0.443. The average molecular weight is 571 g/mol. The summed E-state index contributed by atoms with van der Waals surface area (Å²) in [5.41, 5.74) is 1.37. The van der Waals surface area contributed by atoms with Crippen molar-refractivity contribution in [3.05, 3.63) is 48.0 Å². The molecule has 4 atom stereocenters. The standard InChI is InChI=1S/C31H46N4O6/c1-21-18-35(22(2)20-36)30(37)27-17-25(33-31(38)32-24-10-13-26(39-6)14-11-24)12-15-28(27)41-23(3)9-7-8-16-40-29(21)19-34(4)5/h10-15,17,21-23,29,36H,7-9,16,18-20H2,1-6H3,(H2,32,33,38)/t21-,22+,23+,29+/m0/s1. The Morgan fingerprint density at radius 1 is 1.12 bits per heavy atom. The second kappa shape index (κ2) is 15.6. The number of methoxy groups -OCH3 is 1. The molecule has 2 aromatic carbocycles. The van der Waals surface area contributed by atoms with Crippen molar-refractivity contribution in [1.82, 2.24) is 9.80 Å². The molecule has 41 heavy (non-hydrogen) atoms. The summed E-state index contributed by atoms with van der Waals surface area (Å²) in [4.78, 5) is 30.7. The van der Waals surface area contributed by atoms with Crippen LogP contribution in [-0.4, -0.2) is 92.6 Å². The van der Waals surface area contributed by atoms with Gasteiger partial charge in [0.05, 0.1) is 37.5 Å². The Balaban J connectivity index is 1.91. The number of benzene rings is 2. The maximum atomic E-state index is 14.1. The number of nitrogens with one attached hydrogen (secondary N) is 2. The Hall–Kier alpha value is -3.34. The summed E-state index contributed by atoms with van der Waals surface area (Å²) in [5, 5.41) is 15.7. The van der Waals surface area contributed by atoms with Crippen LogP contribution in [0.25, 0.3) is 0 Å². The van der Waals surface area contributed by atoms with E-state index in [1.165, 1.54) is 0 Å². The SMILES string of the molecule is COc1ccc(NC(=O)Nc2ccc3c(c2)C(=O)N([C@H](C)CO)C[C@H](C)[C@@H](CN(C)C)OCCCC[C@@H](C)O3)cc1. The molecular formula is C31H46N4O6. The van der Waals surface area contributed by atoms with E-state index in [1.807, 2.05) is 27.9 Å². The molecular weight excluding hydrogens is 524 g/mol. The molecule has 0 aromatic heterocycles. The fraction of sp³-hybridized carbons (Fsp3) is 0.548. The molecule has 10 nitrogen and oxygen atoms in total. The van der Waals surface area contributed by atoms with E-state index >= 15 is 0 Å².